The van der Waals surface area contributed by atoms with Crippen LogP contribution in [0.15, 0.2) is 42.5 Å². The van der Waals surface area contributed by atoms with E-state index in [-0.39, 0.29) is 11.9 Å². The van der Waals surface area contributed by atoms with Crippen LogP contribution in [0.3, 0.4) is 0 Å². The van der Waals surface area contributed by atoms with Gasteiger partial charge in [0.2, 0.25) is 0 Å². The molecule has 0 heterocycles. The van der Waals surface area contributed by atoms with E-state index < -0.39 is 0 Å². The second kappa shape index (κ2) is 6.22. The molecule has 1 N–H and O–H groups in total. The van der Waals surface area contributed by atoms with E-state index in [2.05, 4.69) is 23.5 Å². The molecule has 3 nitrogen and oxygen atoms in total. The summed E-state index contributed by atoms with van der Waals surface area (Å²) in [7, 11) is 1.64. The Morgan fingerprint density at radius 3 is 2.82 bits per heavy atom. The molecule has 114 valence electrons. The van der Waals surface area contributed by atoms with Gasteiger partial charge in [-0.05, 0) is 61.1 Å². The molecule has 0 radical (unpaired) electrons. The summed E-state index contributed by atoms with van der Waals surface area (Å²) in [4.78, 5) is 12.5. The SMILES string of the molecule is COc1ccc(C(=O)N[C@H]2CCCc3ccccc32)cc1C. The van der Waals surface area contributed by atoms with Crippen molar-refractivity contribution in [3.05, 3.63) is 64.7 Å². The molecule has 1 atom stereocenters. The van der Waals surface area contributed by atoms with Crippen LogP contribution in [0, 0.1) is 6.92 Å². The molecule has 0 saturated heterocycles. The Bertz CT molecular complexity index is 694. The van der Waals surface area contributed by atoms with Gasteiger partial charge in [0, 0.05) is 5.56 Å². The summed E-state index contributed by atoms with van der Waals surface area (Å²) >= 11 is 0. The molecule has 0 aliphatic heterocycles. The van der Waals surface area contributed by atoms with E-state index in [9.17, 15) is 4.79 Å². The van der Waals surface area contributed by atoms with E-state index in [0.717, 1.165) is 30.6 Å². The number of benzene rings is 2. The highest BCUT2D eigenvalue weighted by Gasteiger charge is 2.22. The highest BCUT2D eigenvalue weighted by atomic mass is 16.5. The Balaban J connectivity index is 1.79. The topological polar surface area (TPSA) is 38.3 Å². The fraction of sp³-hybridized carbons (Fsp3) is 0.316. The van der Waals surface area contributed by atoms with Crippen molar-refractivity contribution in [2.24, 2.45) is 0 Å². The molecule has 0 bridgehead atoms. The summed E-state index contributed by atoms with van der Waals surface area (Å²) in [5, 5.41) is 3.18. The fourth-order valence-electron chi connectivity index (χ4n) is 3.17. The number of methoxy groups -OCH3 is 1. The van der Waals surface area contributed by atoms with E-state index in [4.69, 9.17) is 4.74 Å². The van der Waals surface area contributed by atoms with Gasteiger partial charge in [-0.1, -0.05) is 24.3 Å². The van der Waals surface area contributed by atoms with Crippen molar-refractivity contribution in [1.29, 1.82) is 0 Å². The number of aryl methyl sites for hydroxylation is 2. The molecule has 1 aliphatic rings. The Morgan fingerprint density at radius 2 is 2.05 bits per heavy atom. The molecule has 0 aromatic heterocycles. The first-order valence-electron chi connectivity index (χ1n) is 7.72. The van der Waals surface area contributed by atoms with Crippen molar-refractivity contribution in [2.45, 2.75) is 32.2 Å². The molecular formula is C19H21NO2. The fourth-order valence-corrected chi connectivity index (χ4v) is 3.17. The molecule has 3 rings (SSSR count). The van der Waals surface area contributed by atoms with Gasteiger partial charge in [0.1, 0.15) is 5.75 Å². The zero-order chi connectivity index (χ0) is 15.5. The average Bonchev–Trinajstić information content (AvgIpc) is 2.55. The summed E-state index contributed by atoms with van der Waals surface area (Å²) in [5.41, 5.74) is 4.26. The van der Waals surface area contributed by atoms with E-state index in [0.29, 0.717) is 5.56 Å². The quantitative estimate of drug-likeness (QED) is 0.935. The predicted octanol–water partition coefficient (Wildman–Crippen LogP) is 3.81. The molecule has 1 amide bonds. The molecule has 0 spiro atoms. The Kier molecular flexibility index (Phi) is 4.14. The first kappa shape index (κ1) is 14.6. The second-order valence-corrected chi connectivity index (χ2v) is 5.80. The number of nitrogens with one attached hydrogen (secondary N) is 1. The molecule has 0 saturated carbocycles. The van der Waals surface area contributed by atoms with Crippen LogP contribution in [0.2, 0.25) is 0 Å². The molecule has 2 aromatic rings. The van der Waals surface area contributed by atoms with E-state index in [1.807, 2.05) is 31.2 Å². The third-order valence-corrected chi connectivity index (χ3v) is 4.33. The van der Waals surface area contributed by atoms with E-state index in [1.165, 1.54) is 11.1 Å². The van der Waals surface area contributed by atoms with Crippen LogP contribution in [0.25, 0.3) is 0 Å². The maximum Gasteiger partial charge on any atom is 0.251 e. The summed E-state index contributed by atoms with van der Waals surface area (Å²) in [5.74, 6) is 0.784. The van der Waals surface area contributed by atoms with Crippen molar-refractivity contribution < 1.29 is 9.53 Å². The van der Waals surface area contributed by atoms with Crippen LogP contribution in [-0.2, 0) is 6.42 Å². The zero-order valence-corrected chi connectivity index (χ0v) is 13.1. The minimum absolute atomic E-state index is 0.0209. The standard InChI is InChI=1S/C19H21NO2/c1-13-12-15(10-11-18(13)22-2)19(21)20-17-9-5-7-14-6-3-4-8-16(14)17/h3-4,6,8,10-12,17H,5,7,9H2,1-2H3,(H,20,21)/t17-/m0/s1. The lowest BCUT2D eigenvalue weighted by atomic mass is 9.87. The van der Waals surface area contributed by atoms with Crippen molar-refractivity contribution in [3.8, 4) is 5.75 Å². The van der Waals surface area contributed by atoms with Crippen LogP contribution in [-0.4, -0.2) is 13.0 Å². The Labute approximate surface area is 131 Å². The molecule has 3 heteroatoms. The van der Waals surface area contributed by atoms with Gasteiger partial charge in [-0.2, -0.15) is 0 Å². The van der Waals surface area contributed by atoms with Gasteiger partial charge in [0.05, 0.1) is 13.2 Å². The normalized spacial score (nSPS) is 16.7. The maximum atomic E-state index is 12.5. The Morgan fingerprint density at radius 1 is 1.23 bits per heavy atom. The van der Waals surface area contributed by atoms with Crippen LogP contribution in [0.5, 0.6) is 5.75 Å². The van der Waals surface area contributed by atoms with Crippen LogP contribution in [0.4, 0.5) is 0 Å². The highest BCUT2D eigenvalue weighted by Crippen LogP contribution is 2.29. The molecule has 2 aromatic carbocycles. The molecule has 0 unspecified atom stereocenters. The zero-order valence-electron chi connectivity index (χ0n) is 13.1. The minimum Gasteiger partial charge on any atom is -0.496 e. The van der Waals surface area contributed by atoms with Gasteiger partial charge < -0.3 is 10.1 Å². The lowest BCUT2D eigenvalue weighted by Gasteiger charge is -2.26. The number of hydrogen-bond acceptors (Lipinski definition) is 2. The van der Waals surface area contributed by atoms with E-state index >= 15 is 0 Å². The monoisotopic (exact) mass is 295 g/mol. The first-order valence-corrected chi connectivity index (χ1v) is 7.72. The number of ether oxygens (including phenoxy) is 1. The van der Waals surface area contributed by atoms with Gasteiger partial charge >= 0.3 is 0 Å². The molecule has 22 heavy (non-hydrogen) atoms. The van der Waals surface area contributed by atoms with Crippen LogP contribution < -0.4 is 10.1 Å². The largest absolute Gasteiger partial charge is 0.496 e. The summed E-state index contributed by atoms with van der Waals surface area (Å²) in [6, 6.07) is 14.0. The van der Waals surface area contributed by atoms with Gasteiger partial charge in [0.15, 0.2) is 0 Å². The minimum atomic E-state index is -0.0209. The van der Waals surface area contributed by atoms with Gasteiger partial charge in [-0.3, -0.25) is 4.79 Å². The molecule has 0 fully saturated rings. The van der Waals surface area contributed by atoms with Gasteiger partial charge in [0.25, 0.3) is 5.91 Å². The van der Waals surface area contributed by atoms with Gasteiger partial charge in [-0.15, -0.1) is 0 Å². The molecule has 1 aliphatic carbocycles. The van der Waals surface area contributed by atoms with Crippen molar-refractivity contribution in [1.82, 2.24) is 5.32 Å². The number of rotatable bonds is 3. The Hall–Kier alpha value is -2.29. The number of carbonyl (C=O) groups is 1. The number of amides is 1. The lowest BCUT2D eigenvalue weighted by Crippen LogP contribution is -2.31. The first-order chi connectivity index (χ1) is 10.7. The second-order valence-electron chi connectivity index (χ2n) is 5.80. The van der Waals surface area contributed by atoms with Crippen molar-refractivity contribution >= 4 is 5.91 Å². The van der Waals surface area contributed by atoms with Gasteiger partial charge in [-0.25, -0.2) is 0 Å². The summed E-state index contributed by atoms with van der Waals surface area (Å²) in [6.45, 7) is 1.95. The average molecular weight is 295 g/mol. The highest BCUT2D eigenvalue weighted by molar-refractivity contribution is 5.94. The summed E-state index contributed by atoms with van der Waals surface area (Å²) in [6.07, 6.45) is 3.21. The van der Waals surface area contributed by atoms with Crippen LogP contribution >= 0.6 is 0 Å². The predicted molar refractivity (Wildman–Crippen MR) is 87.3 cm³/mol. The van der Waals surface area contributed by atoms with Crippen LogP contribution in [0.1, 0.15) is 45.9 Å². The lowest BCUT2D eigenvalue weighted by molar-refractivity contribution is 0.0932. The third kappa shape index (κ3) is 2.84. The van der Waals surface area contributed by atoms with Crippen molar-refractivity contribution in [2.75, 3.05) is 7.11 Å². The third-order valence-electron chi connectivity index (χ3n) is 4.33. The number of fused-ring (bicyclic) bond motifs is 1. The number of hydrogen-bond donors (Lipinski definition) is 1. The summed E-state index contributed by atoms with van der Waals surface area (Å²) < 4.78 is 5.24. The van der Waals surface area contributed by atoms with E-state index in [1.54, 1.807) is 7.11 Å². The number of carbonyl (C=O) groups excluding carboxylic acids is 1. The molecular weight excluding hydrogens is 274 g/mol. The van der Waals surface area contributed by atoms with Crippen molar-refractivity contribution in [3.63, 3.8) is 0 Å². The smallest absolute Gasteiger partial charge is 0.251 e. The maximum absolute atomic E-state index is 12.5.